The van der Waals surface area contributed by atoms with E-state index >= 15 is 0 Å². The monoisotopic (exact) mass is 256 g/mol. The average Bonchev–Trinajstić information content (AvgIpc) is 2.38. The van der Waals surface area contributed by atoms with Gasteiger partial charge in [-0.15, -0.1) is 0 Å². The molecular weight excluding hydrogens is 228 g/mol. The van der Waals surface area contributed by atoms with E-state index < -0.39 is 0 Å². The standard InChI is InChI=1S/C14H28N2O2/c1-11(2)6-9-16-13(18)12-4-7-14(10-17,15-3)8-5-12/h11-12,15,17H,4-10H2,1-3H3,(H,16,18). The summed E-state index contributed by atoms with van der Waals surface area (Å²) in [7, 11) is 1.89. The molecule has 4 nitrogen and oxygen atoms in total. The third kappa shape index (κ3) is 4.25. The van der Waals surface area contributed by atoms with E-state index in [0.29, 0.717) is 5.92 Å². The van der Waals surface area contributed by atoms with Crippen molar-refractivity contribution < 1.29 is 9.90 Å². The summed E-state index contributed by atoms with van der Waals surface area (Å²) in [6.45, 7) is 5.26. The minimum atomic E-state index is -0.158. The number of hydrogen-bond acceptors (Lipinski definition) is 3. The molecule has 0 aromatic heterocycles. The number of amides is 1. The van der Waals surface area contributed by atoms with Crippen LogP contribution < -0.4 is 10.6 Å². The number of carbonyl (C=O) groups is 1. The minimum absolute atomic E-state index is 0.130. The lowest BCUT2D eigenvalue weighted by atomic mass is 9.76. The molecule has 0 spiro atoms. The molecule has 0 saturated heterocycles. The zero-order valence-electron chi connectivity index (χ0n) is 12.0. The topological polar surface area (TPSA) is 61.4 Å². The molecule has 1 amide bonds. The van der Waals surface area contributed by atoms with Crippen LogP contribution in [0, 0.1) is 11.8 Å². The summed E-state index contributed by atoms with van der Waals surface area (Å²) >= 11 is 0. The van der Waals surface area contributed by atoms with Gasteiger partial charge < -0.3 is 15.7 Å². The van der Waals surface area contributed by atoms with Crippen molar-refractivity contribution in [1.29, 1.82) is 0 Å². The molecule has 0 radical (unpaired) electrons. The van der Waals surface area contributed by atoms with Gasteiger partial charge in [0.25, 0.3) is 0 Å². The molecule has 0 aromatic rings. The first-order valence-corrected chi connectivity index (χ1v) is 7.10. The molecule has 0 atom stereocenters. The molecule has 0 aliphatic heterocycles. The van der Waals surface area contributed by atoms with Gasteiger partial charge >= 0.3 is 0 Å². The van der Waals surface area contributed by atoms with E-state index in [2.05, 4.69) is 24.5 Å². The average molecular weight is 256 g/mol. The maximum atomic E-state index is 12.0. The highest BCUT2D eigenvalue weighted by atomic mass is 16.3. The Balaban J connectivity index is 2.31. The molecular formula is C14H28N2O2. The summed E-state index contributed by atoms with van der Waals surface area (Å²) in [5, 5.41) is 15.6. The van der Waals surface area contributed by atoms with Gasteiger partial charge in [0.15, 0.2) is 0 Å². The maximum Gasteiger partial charge on any atom is 0.223 e. The lowest BCUT2D eigenvalue weighted by Crippen LogP contribution is -2.50. The molecule has 4 heteroatoms. The van der Waals surface area contributed by atoms with Crippen LogP contribution in [0.25, 0.3) is 0 Å². The molecule has 0 heterocycles. The number of hydrogen-bond donors (Lipinski definition) is 3. The van der Waals surface area contributed by atoms with Crippen LogP contribution in [0.5, 0.6) is 0 Å². The first-order valence-electron chi connectivity index (χ1n) is 7.10. The van der Waals surface area contributed by atoms with Gasteiger partial charge in [0, 0.05) is 18.0 Å². The molecule has 0 aromatic carbocycles. The predicted molar refractivity (Wildman–Crippen MR) is 73.3 cm³/mol. The maximum absolute atomic E-state index is 12.0. The van der Waals surface area contributed by atoms with Crippen LogP contribution >= 0.6 is 0 Å². The molecule has 3 N–H and O–H groups in total. The zero-order valence-corrected chi connectivity index (χ0v) is 12.0. The quantitative estimate of drug-likeness (QED) is 0.671. The van der Waals surface area contributed by atoms with Crippen molar-refractivity contribution in [3.63, 3.8) is 0 Å². The van der Waals surface area contributed by atoms with Crippen LogP contribution in [0.4, 0.5) is 0 Å². The fraction of sp³-hybridized carbons (Fsp3) is 0.929. The first-order chi connectivity index (χ1) is 8.53. The van der Waals surface area contributed by atoms with Gasteiger partial charge in [-0.2, -0.15) is 0 Å². The Labute approximate surface area is 111 Å². The van der Waals surface area contributed by atoms with Crippen molar-refractivity contribution in [1.82, 2.24) is 10.6 Å². The predicted octanol–water partition coefficient (Wildman–Crippen LogP) is 1.29. The molecule has 1 fully saturated rings. The fourth-order valence-electron chi connectivity index (χ4n) is 2.55. The largest absolute Gasteiger partial charge is 0.394 e. The highest BCUT2D eigenvalue weighted by molar-refractivity contribution is 5.78. The minimum Gasteiger partial charge on any atom is -0.394 e. The highest BCUT2D eigenvalue weighted by Gasteiger charge is 2.35. The summed E-state index contributed by atoms with van der Waals surface area (Å²) < 4.78 is 0. The number of aliphatic hydroxyl groups excluding tert-OH is 1. The second-order valence-electron chi connectivity index (χ2n) is 5.94. The number of rotatable bonds is 6. The second kappa shape index (κ2) is 7.10. The number of carbonyl (C=O) groups excluding carboxylic acids is 1. The Kier molecular flexibility index (Phi) is 6.09. The van der Waals surface area contributed by atoms with Crippen molar-refractivity contribution in [3.05, 3.63) is 0 Å². The molecule has 0 unspecified atom stereocenters. The summed E-state index contributed by atoms with van der Waals surface area (Å²) in [5.74, 6) is 0.950. The molecule has 0 bridgehead atoms. The van der Waals surface area contributed by atoms with Crippen LogP contribution in [-0.2, 0) is 4.79 Å². The highest BCUT2D eigenvalue weighted by Crippen LogP contribution is 2.31. The van der Waals surface area contributed by atoms with Crippen LogP contribution in [0.1, 0.15) is 46.0 Å². The Hall–Kier alpha value is -0.610. The van der Waals surface area contributed by atoms with Crippen molar-refractivity contribution >= 4 is 5.91 Å². The second-order valence-corrected chi connectivity index (χ2v) is 5.94. The van der Waals surface area contributed by atoms with Crippen LogP contribution in [-0.4, -0.2) is 36.8 Å². The van der Waals surface area contributed by atoms with E-state index in [4.69, 9.17) is 0 Å². The van der Waals surface area contributed by atoms with Crippen molar-refractivity contribution in [2.45, 2.75) is 51.5 Å². The van der Waals surface area contributed by atoms with E-state index in [1.807, 2.05) is 7.05 Å². The van der Waals surface area contributed by atoms with Crippen LogP contribution in [0.15, 0.2) is 0 Å². The van der Waals surface area contributed by atoms with E-state index in [-0.39, 0.29) is 24.0 Å². The van der Waals surface area contributed by atoms with Gasteiger partial charge in [0.05, 0.1) is 6.61 Å². The zero-order chi connectivity index (χ0) is 13.6. The summed E-state index contributed by atoms with van der Waals surface area (Å²) in [4.78, 5) is 12.0. The fourth-order valence-corrected chi connectivity index (χ4v) is 2.55. The van der Waals surface area contributed by atoms with E-state index in [9.17, 15) is 9.90 Å². The Bertz CT molecular complexity index is 253. The third-order valence-electron chi connectivity index (χ3n) is 4.17. The van der Waals surface area contributed by atoms with Gasteiger partial charge in [-0.1, -0.05) is 13.8 Å². The molecule has 1 aliphatic rings. The number of aliphatic hydroxyl groups is 1. The van der Waals surface area contributed by atoms with Gasteiger partial charge in [0.2, 0.25) is 5.91 Å². The van der Waals surface area contributed by atoms with Crippen molar-refractivity contribution in [2.75, 3.05) is 20.2 Å². The van der Waals surface area contributed by atoms with Crippen LogP contribution in [0.3, 0.4) is 0 Å². The normalized spacial score (nSPS) is 28.4. The van der Waals surface area contributed by atoms with E-state index in [0.717, 1.165) is 38.6 Å². The number of likely N-dealkylation sites (N-methyl/N-ethyl adjacent to an activating group) is 1. The molecule has 1 aliphatic carbocycles. The Morgan fingerprint density at radius 1 is 1.39 bits per heavy atom. The third-order valence-corrected chi connectivity index (χ3v) is 4.17. The van der Waals surface area contributed by atoms with Gasteiger partial charge in [0.1, 0.15) is 0 Å². The molecule has 106 valence electrons. The molecule has 1 rings (SSSR count). The molecule has 18 heavy (non-hydrogen) atoms. The summed E-state index contributed by atoms with van der Waals surface area (Å²) in [5.41, 5.74) is -0.158. The lowest BCUT2D eigenvalue weighted by molar-refractivity contribution is -0.126. The number of nitrogens with one attached hydrogen (secondary N) is 2. The lowest BCUT2D eigenvalue weighted by Gasteiger charge is -2.38. The first kappa shape index (κ1) is 15.4. The SMILES string of the molecule is CNC1(CO)CCC(C(=O)NCCC(C)C)CC1. The molecule has 1 saturated carbocycles. The smallest absolute Gasteiger partial charge is 0.223 e. The van der Waals surface area contributed by atoms with Crippen molar-refractivity contribution in [3.8, 4) is 0 Å². The Morgan fingerprint density at radius 2 is 2.00 bits per heavy atom. The van der Waals surface area contributed by atoms with Crippen molar-refractivity contribution in [2.24, 2.45) is 11.8 Å². The van der Waals surface area contributed by atoms with E-state index in [1.54, 1.807) is 0 Å². The summed E-state index contributed by atoms with van der Waals surface area (Å²) in [6.07, 6.45) is 4.53. The van der Waals surface area contributed by atoms with Gasteiger partial charge in [-0.3, -0.25) is 4.79 Å². The van der Waals surface area contributed by atoms with Gasteiger partial charge in [-0.05, 0) is 45.1 Å². The van der Waals surface area contributed by atoms with E-state index in [1.165, 1.54) is 0 Å². The van der Waals surface area contributed by atoms with Gasteiger partial charge in [-0.25, -0.2) is 0 Å². The van der Waals surface area contributed by atoms with Crippen LogP contribution in [0.2, 0.25) is 0 Å². The Morgan fingerprint density at radius 3 is 2.44 bits per heavy atom. The summed E-state index contributed by atoms with van der Waals surface area (Å²) in [6, 6.07) is 0.